The van der Waals surface area contributed by atoms with Gasteiger partial charge in [-0.3, -0.25) is 19.2 Å². The number of amides is 2. The number of nitrogens with zero attached hydrogens (tertiary/aromatic N) is 1. The minimum atomic E-state index is -4.99. The highest BCUT2D eigenvalue weighted by Crippen LogP contribution is 2.34. The fourth-order valence-electron chi connectivity index (χ4n) is 2.78. The lowest BCUT2D eigenvalue weighted by molar-refractivity contribution is -0.138. The molecular weight excluding hydrogens is 470 g/mol. The zero-order valence-corrected chi connectivity index (χ0v) is 17.7. The Balaban J connectivity index is 2.88. The standard InChI is InChI=1S/C20H19F4N3O7/c1-8(2)6-25-16(31)13-15(30)14(17(32)26-7-12(28)29)19(34)27(18(13)33)11-5-9(20(22,23)24)3-4-10(11)21/h3-5,8,30,34H,6-7H2,1-2H3,(H,25,31)(H,26,32)(H,28,29). The molecule has 1 aromatic heterocycles. The van der Waals surface area contributed by atoms with Crippen LogP contribution in [-0.4, -0.2) is 50.8 Å². The van der Waals surface area contributed by atoms with Gasteiger partial charge in [0.25, 0.3) is 17.4 Å². The van der Waals surface area contributed by atoms with Gasteiger partial charge in [-0.1, -0.05) is 13.8 Å². The highest BCUT2D eigenvalue weighted by atomic mass is 19.4. The third-order valence-electron chi connectivity index (χ3n) is 4.37. The van der Waals surface area contributed by atoms with E-state index in [1.54, 1.807) is 19.2 Å². The second-order valence-electron chi connectivity index (χ2n) is 7.41. The Labute approximate surface area is 188 Å². The van der Waals surface area contributed by atoms with Crippen LogP contribution in [0.25, 0.3) is 5.69 Å². The van der Waals surface area contributed by atoms with Crippen molar-refractivity contribution in [3.8, 4) is 17.3 Å². The van der Waals surface area contributed by atoms with E-state index in [4.69, 9.17) is 5.11 Å². The number of carbonyl (C=O) groups excluding carboxylic acids is 2. The third-order valence-corrected chi connectivity index (χ3v) is 4.37. The van der Waals surface area contributed by atoms with Gasteiger partial charge < -0.3 is 26.0 Å². The van der Waals surface area contributed by atoms with Crippen LogP contribution in [0.1, 0.15) is 40.1 Å². The fraction of sp³-hybridized carbons (Fsp3) is 0.300. The molecule has 0 aliphatic carbocycles. The predicted molar refractivity (Wildman–Crippen MR) is 107 cm³/mol. The molecule has 0 atom stereocenters. The molecule has 0 bridgehead atoms. The van der Waals surface area contributed by atoms with Gasteiger partial charge in [0.15, 0.2) is 5.75 Å². The number of pyridine rings is 1. The second kappa shape index (κ2) is 9.80. The number of rotatable bonds is 7. The third kappa shape index (κ3) is 5.44. The number of nitrogens with one attached hydrogen (secondary N) is 2. The van der Waals surface area contributed by atoms with E-state index >= 15 is 0 Å². The highest BCUT2D eigenvalue weighted by Gasteiger charge is 2.34. The molecule has 34 heavy (non-hydrogen) atoms. The summed E-state index contributed by atoms with van der Waals surface area (Å²) < 4.78 is 53.9. The molecule has 0 saturated heterocycles. The lowest BCUT2D eigenvalue weighted by Crippen LogP contribution is -2.37. The Morgan fingerprint density at radius 1 is 1.06 bits per heavy atom. The first-order valence-electron chi connectivity index (χ1n) is 9.53. The largest absolute Gasteiger partial charge is 0.506 e. The number of hydrogen-bond donors (Lipinski definition) is 5. The number of aliphatic carboxylic acids is 1. The van der Waals surface area contributed by atoms with Gasteiger partial charge in [-0.05, 0) is 24.1 Å². The fourth-order valence-corrected chi connectivity index (χ4v) is 2.78. The summed E-state index contributed by atoms with van der Waals surface area (Å²) in [4.78, 5) is 48.7. The molecule has 14 heteroatoms. The van der Waals surface area contributed by atoms with Gasteiger partial charge in [0.2, 0.25) is 5.88 Å². The molecule has 184 valence electrons. The van der Waals surface area contributed by atoms with Crippen molar-refractivity contribution in [3.05, 3.63) is 51.1 Å². The maximum atomic E-state index is 14.5. The van der Waals surface area contributed by atoms with E-state index in [0.29, 0.717) is 12.1 Å². The number of carboxylic acids is 1. The Morgan fingerprint density at radius 2 is 1.65 bits per heavy atom. The smallest absolute Gasteiger partial charge is 0.416 e. The average molecular weight is 489 g/mol. The van der Waals surface area contributed by atoms with Crippen LogP contribution < -0.4 is 16.2 Å². The molecular formula is C20H19F4N3O7. The molecule has 0 radical (unpaired) electrons. The summed E-state index contributed by atoms with van der Waals surface area (Å²) in [6.45, 7) is 2.30. The summed E-state index contributed by atoms with van der Waals surface area (Å²) in [6.07, 6.45) is -4.99. The first-order chi connectivity index (χ1) is 15.7. The molecule has 0 fully saturated rings. The first-order valence-corrected chi connectivity index (χ1v) is 9.53. The van der Waals surface area contributed by atoms with Crippen molar-refractivity contribution in [3.63, 3.8) is 0 Å². The topological polar surface area (TPSA) is 158 Å². The summed E-state index contributed by atoms with van der Waals surface area (Å²) in [6, 6.07) is 0.861. The van der Waals surface area contributed by atoms with Crippen molar-refractivity contribution in [1.82, 2.24) is 15.2 Å². The first kappa shape index (κ1) is 26.2. The van der Waals surface area contributed by atoms with Gasteiger partial charge in [-0.2, -0.15) is 13.2 Å². The van der Waals surface area contributed by atoms with Gasteiger partial charge in [0.1, 0.15) is 23.5 Å². The van der Waals surface area contributed by atoms with Gasteiger partial charge in [-0.15, -0.1) is 0 Å². The molecule has 0 aliphatic rings. The van der Waals surface area contributed by atoms with E-state index in [9.17, 15) is 47.0 Å². The number of aromatic nitrogens is 1. The molecule has 2 aromatic rings. The van der Waals surface area contributed by atoms with E-state index in [1.807, 2.05) is 0 Å². The van der Waals surface area contributed by atoms with Crippen LogP contribution in [0, 0.1) is 11.7 Å². The highest BCUT2D eigenvalue weighted by molar-refractivity contribution is 6.05. The van der Waals surface area contributed by atoms with E-state index in [-0.39, 0.29) is 23.1 Å². The SMILES string of the molecule is CC(C)CNC(=O)c1c(O)c(C(=O)NCC(=O)O)c(O)n(-c2cc(C(F)(F)F)ccc2F)c1=O. The molecule has 2 rings (SSSR count). The molecule has 5 N–H and O–H groups in total. The van der Waals surface area contributed by atoms with Crippen LogP contribution in [0.4, 0.5) is 17.6 Å². The zero-order chi connectivity index (χ0) is 26.0. The van der Waals surface area contributed by atoms with Crippen LogP contribution in [0.2, 0.25) is 0 Å². The number of halogens is 4. The Morgan fingerprint density at radius 3 is 2.18 bits per heavy atom. The normalized spacial score (nSPS) is 11.4. The molecule has 1 aromatic carbocycles. The van der Waals surface area contributed by atoms with E-state index < -0.39 is 75.9 Å². The summed E-state index contributed by atoms with van der Waals surface area (Å²) in [5.74, 6) is -8.81. The van der Waals surface area contributed by atoms with Gasteiger partial charge in [-0.25, -0.2) is 8.96 Å². The average Bonchev–Trinajstić information content (AvgIpc) is 2.71. The van der Waals surface area contributed by atoms with Crippen LogP contribution in [0.5, 0.6) is 11.6 Å². The summed E-state index contributed by atoms with van der Waals surface area (Å²) >= 11 is 0. The Kier molecular flexibility index (Phi) is 7.54. The lowest BCUT2D eigenvalue weighted by atomic mass is 10.1. The molecule has 0 aliphatic heterocycles. The molecule has 0 unspecified atom stereocenters. The Bertz CT molecular complexity index is 1210. The monoisotopic (exact) mass is 489 g/mol. The summed E-state index contributed by atoms with van der Waals surface area (Å²) in [7, 11) is 0. The number of benzene rings is 1. The van der Waals surface area contributed by atoms with Crippen molar-refractivity contribution in [1.29, 1.82) is 0 Å². The number of aromatic hydroxyl groups is 2. The number of carboxylic acid groups (broad SMARTS) is 1. The summed E-state index contributed by atoms with van der Waals surface area (Å²) in [5, 5.41) is 33.7. The quantitative estimate of drug-likeness (QED) is 0.370. The van der Waals surface area contributed by atoms with Gasteiger partial charge in [0, 0.05) is 6.54 Å². The lowest BCUT2D eigenvalue weighted by Gasteiger charge is -2.18. The Hall–Kier alpha value is -4.10. The van der Waals surface area contributed by atoms with E-state index in [2.05, 4.69) is 5.32 Å². The van der Waals surface area contributed by atoms with Crippen LogP contribution >= 0.6 is 0 Å². The second-order valence-corrected chi connectivity index (χ2v) is 7.41. The van der Waals surface area contributed by atoms with Crippen molar-refractivity contribution < 1.29 is 47.3 Å². The predicted octanol–water partition coefficient (Wildman–Crippen LogP) is 1.61. The molecule has 0 spiro atoms. The van der Waals surface area contributed by atoms with Crippen LogP contribution in [0.15, 0.2) is 23.0 Å². The zero-order valence-electron chi connectivity index (χ0n) is 17.7. The number of hydrogen-bond acceptors (Lipinski definition) is 6. The van der Waals surface area contributed by atoms with Crippen molar-refractivity contribution >= 4 is 17.8 Å². The number of carbonyl (C=O) groups is 3. The van der Waals surface area contributed by atoms with Crippen molar-refractivity contribution in [2.45, 2.75) is 20.0 Å². The molecule has 1 heterocycles. The van der Waals surface area contributed by atoms with Gasteiger partial charge in [0.05, 0.1) is 11.3 Å². The minimum Gasteiger partial charge on any atom is -0.506 e. The van der Waals surface area contributed by atoms with E-state index in [0.717, 1.165) is 0 Å². The minimum absolute atomic E-state index is 0.0307. The number of alkyl halides is 3. The van der Waals surface area contributed by atoms with Crippen molar-refractivity contribution in [2.75, 3.05) is 13.1 Å². The maximum Gasteiger partial charge on any atom is 0.416 e. The molecule has 10 nitrogen and oxygen atoms in total. The van der Waals surface area contributed by atoms with Crippen LogP contribution in [0.3, 0.4) is 0 Å². The van der Waals surface area contributed by atoms with Crippen LogP contribution in [-0.2, 0) is 11.0 Å². The molecule has 0 saturated carbocycles. The summed E-state index contributed by atoms with van der Waals surface area (Å²) in [5.41, 5.74) is -6.65. The molecule has 2 amide bonds. The van der Waals surface area contributed by atoms with E-state index in [1.165, 1.54) is 0 Å². The maximum absolute atomic E-state index is 14.5. The van der Waals surface area contributed by atoms with Crippen molar-refractivity contribution in [2.24, 2.45) is 5.92 Å². The van der Waals surface area contributed by atoms with Gasteiger partial charge >= 0.3 is 12.1 Å².